The highest BCUT2D eigenvalue weighted by Gasteiger charge is 2.18. The minimum atomic E-state index is -0.998. The Kier molecular flexibility index (Phi) is 4.60. The first-order chi connectivity index (χ1) is 8.68. The maximum absolute atomic E-state index is 11.2. The highest BCUT2D eigenvalue weighted by Crippen LogP contribution is 2.27. The van der Waals surface area contributed by atoms with Gasteiger partial charge in [0.1, 0.15) is 17.9 Å². The summed E-state index contributed by atoms with van der Waals surface area (Å²) in [5.41, 5.74) is 0.160. The summed E-state index contributed by atoms with van der Waals surface area (Å²) in [6.07, 6.45) is 3.27. The number of aromatic carboxylic acids is 1. The Hall–Kier alpha value is -1.07. The monoisotopic (exact) mass is 314 g/mol. The Balaban J connectivity index is 2.04. The van der Waals surface area contributed by atoms with Crippen LogP contribution in [0.25, 0.3) is 0 Å². The molecule has 0 aromatic heterocycles. The van der Waals surface area contributed by atoms with E-state index in [1.807, 2.05) is 0 Å². The molecule has 1 aromatic rings. The van der Waals surface area contributed by atoms with Gasteiger partial charge in [-0.1, -0.05) is 6.07 Å². The van der Waals surface area contributed by atoms with E-state index in [-0.39, 0.29) is 11.7 Å². The molecule has 1 unspecified atom stereocenters. The van der Waals surface area contributed by atoms with E-state index in [1.54, 1.807) is 18.2 Å². The minimum Gasteiger partial charge on any atom is -0.490 e. The molecule has 18 heavy (non-hydrogen) atoms. The van der Waals surface area contributed by atoms with E-state index in [4.69, 9.17) is 14.6 Å². The van der Waals surface area contributed by atoms with Gasteiger partial charge in [0.2, 0.25) is 0 Å². The Morgan fingerprint density at radius 3 is 3.00 bits per heavy atom. The Labute approximate surface area is 114 Å². The molecule has 1 aliphatic rings. The fraction of sp³-hybridized carbons (Fsp3) is 0.462. The number of rotatable bonds is 4. The van der Waals surface area contributed by atoms with Crippen molar-refractivity contribution in [1.82, 2.24) is 0 Å². The van der Waals surface area contributed by atoms with Crippen molar-refractivity contribution in [2.45, 2.75) is 25.4 Å². The number of carbonyl (C=O) groups is 1. The van der Waals surface area contributed by atoms with Gasteiger partial charge in [0.05, 0.1) is 6.10 Å². The molecule has 98 valence electrons. The lowest BCUT2D eigenvalue weighted by atomic mass is 10.1. The molecule has 0 aliphatic carbocycles. The van der Waals surface area contributed by atoms with E-state index < -0.39 is 5.97 Å². The van der Waals surface area contributed by atoms with Gasteiger partial charge in [-0.3, -0.25) is 0 Å². The number of hydrogen-bond acceptors (Lipinski definition) is 3. The highest BCUT2D eigenvalue weighted by molar-refractivity contribution is 9.10. The van der Waals surface area contributed by atoms with Crippen LogP contribution in [0.5, 0.6) is 5.75 Å². The van der Waals surface area contributed by atoms with Crippen LogP contribution in [0.3, 0.4) is 0 Å². The van der Waals surface area contributed by atoms with Crippen LogP contribution in [0, 0.1) is 0 Å². The van der Waals surface area contributed by atoms with Crippen molar-refractivity contribution >= 4 is 21.9 Å². The lowest BCUT2D eigenvalue weighted by molar-refractivity contribution is -0.0113. The predicted octanol–water partition coefficient (Wildman–Crippen LogP) is 3.10. The number of carboxylic acid groups (broad SMARTS) is 1. The van der Waals surface area contributed by atoms with Crippen molar-refractivity contribution in [3.05, 3.63) is 28.2 Å². The number of ether oxygens (including phenoxy) is 2. The summed E-state index contributed by atoms with van der Waals surface area (Å²) in [6, 6.07) is 5.11. The van der Waals surface area contributed by atoms with Crippen molar-refractivity contribution < 1.29 is 19.4 Å². The van der Waals surface area contributed by atoms with Gasteiger partial charge in [-0.2, -0.15) is 0 Å². The normalized spacial score (nSPS) is 19.5. The maximum Gasteiger partial charge on any atom is 0.340 e. The molecule has 0 saturated carbocycles. The molecule has 1 aliphatic heterocycles. The first kappa shape index (κ1) is 13.4. The molecular weight excluding hydrogens is 300 g/mol. The van der Waals surface area contributed by atoms with Gasteiger partial charge in [-0.25, -0.2) is 4.79 Å². The van der Waals surface area contributed by atoms with Crippen LogP contribution in [0.15, 0.2) is 22.7 Å². The molecule has 1 aromatic carbocycles. The smallest absolute Gasteiger partial charge is 0.340 e. The third-order valence-corrected chi connectivity index (χ3v) is 3.55. The molecule has 0 radical (unpaired) electrons. The molecule has 0 amide bonds. The second kappa shape index (κ2) is 6.20. The average Bonchev–Trinajstić information content (AvgIpc) is 2.37. The summed E-state index contributed by atoms with van der Waals surface area (Å²) in [5.74, 6) is -0.618. The quantitative estimate of drug-likeness (QED) is 0.927. The standard InChI is InChI=1S/C13H15BrO4/c14-10-5-3-6-11(12(10)13(15)16)18-8-9-4-1-2-7-17-9/h3,5-6,9H,1-2,4,7-8H2,(H,15,16). The zero-order chi connectivity index (χ0) is 13.0. The molecule has 0 bridgehead atoms. The second-order valence-corrected chi connectivity index (χ2v) is 5.07. The number of halogens is 1. The van der Waals surface area contributed by atoms with Gasteiger partial charge >= 0.3 is 5.97 Å². The van der Waals surface area contributed by atoms with Crippen LogP contribution < -0.4 is 4.74 Å². The first-order valence-electron chi connectivity index (χ1n) is 5.94. The Morgan fingerprint density at radius 2 is 2.33 bits per heavy atom. The fourth-order valence-corrected chi connectivity index (χ4v) is 2.47. The lowest BCUT2D eigenvalue weighted by Gasteiger charge is -2.23. The molecule has 5 heteroatoms. The van der Waals surface area contributed by atoms with Crippen LogP contribution in [0.1, 0.15) is 29.6 Å². The molecule has 4 nitrogen and oxygen atoms in total. The highest BCUT2D eigenvalue weighted by atomic mass is 79.9. The van der Waals surface area contributed by atoms with E-state index in [1.165, 1.54) is 0 Å². The van der Waals surface area contributed by atoms with Gasteiger partial charge in [0.25, 0.3) is 0 Å². The van der Waals surface area contributed by atoms with E-state index in [0.717, 1.165) is 25.9 Å². The lowest BCUT2D eigenvalue weighted by Crippen LogP contribution is -2.26. The summed E-state index contributed by atoms with van der Waals surface area (Å²) < 4.78 is 11.7. The van der Waals surface area contributed by atoms with E-state index in [2.05, 4.69) is 15.9 Å². The minimum absolute atomic E-state index is 0.0689. The summed E-state index contributed by atoms with van der Waals surface area (Å²) in [7, 11) is 0. The number of carboxylic acids is 1. The molecule has 1 saturated heterocycles. The summed E-state index contributed by atoms with van der Waals surface area (Å²) in [6.45, 7) is 1.16. The molecule has 1 atom stereocenters. The Morgan fingerprint density at radius 1 is 1.50 bits per heavy atom. The van der Waals surface area contributed by atoms with Crippen molar-refractivity contribution in [1.29, 1.82) is 0 Å². The van der Waals surface area contributed by atoms with Crippen molar-refractivity contribution in [2.24, 2.45) is 0 Å². The van der Waals surface area contributed by atoms with E-state index >= 15 is 0 Å². The molecule has 1 heterocycles. The second-order valence-electron chi connectivity index (χ2n) is 4.22. The molecule has 0 spiro atoms. The molecular formula is C13H15BrO4. The zero-order valence-electron chi connectivity index (χ0n) is 9.89. The molecule has 1 fully saturated rings. The van der Waals surface area contributed by atoms with Crippen LogP contribution >= 0.6 is 15.9 Å². The largest absolute Gasteiger partial charge is 0.490 e. The third-order valence-electron chi connectivity index (χ3n) is 2.89. The summed E-state index contributed by atoms with van der Waals surface area (Å²) in [4.78, 5) is 11.2. The number of hydrogen-bond donors (Lipinski definition) is 1. The van der Waals surface area contributed by atoms with E-state index in [0.29, 0.717) is 16.8 Å². The van der Waals surface area contributed by atoms with Gasteiger partial charge < -0.3 is 14.6 Å². The zero-order valence-corrected chi connectivity index (χ0v) is 11.5. The average molecular weight is 315 g/mol. The predicted molar refractivity (Wildman–Crippen MR) is 70.2 cm³/mol. The fourth-order valence-electron chi connectivity index (χ4n) is 1.95. The van der Waals surface area contributed by atoms with Crippen molar-refractivity contribution in [3.63, 3.8) is 0 Å². The summed E-state index contributed by atoms with van der Waals surface area (Å²) in [5, 5.41) is 9.14. The van der Waals surface area contributed by atoms with Gasteiger partial charge in [0, 0.05) is 11.1 Å². The maximum atomic E-state index is 11.2. The van der Waals surface area contributed by atoms with Crippen LogP contribution in [-0.4, -0.2) is 30.4 Å². The SMILES string of the molecule is O=C(O)c1c(Br)cccc1OCC1CCCCO1. The van der Waals surface area contributed by atoms with Gasteiger partial charge in [-0.15, -0.1) is 0 Å². The topological polar surface area (TPSA) is 55.8 Å². The van der Waals surface area contributed by atoms with Crippen molar-refractivity contribution in [2.75, 3.05) is 13.2 Å². The van der Waals surface area contributed by atoms with Crippen molar-refractivity contribution in [3.8, 4) is 5.75 Å². The Bertz CT molecular complexity index is 427. The van der Waals surface area contributed by atoms with Gasteiger partial charge in [-0.05, 0) is 47.3 Å². The summed E-state index contributed by atoms with van der Waals surface area (Å²) >= 11 is 3.22. The third kappa shape index (κ3) is 3.23. The van der Waals surface area contributed by atoms with Crippen LogP contribution in [0.4, 0.5) is 0 Å². The van der Waals surface area contributed by atoms with Gasteiger partial charge in [0.15, 0.2) is 0 Å². The number of benzene rings is 1. The van der Waals surface area contributed by atoms with E-state index in [9.17, 15) is 4.79 Å². The molecule has 1 N–H and O–H groups in total. The van der Waals surface area contributed by atoms with Crippen LogP contribution in [-0.2, 0) is 4.74 Å². The first-order valence-corrected chi connectivity index (χ1v) is 6.74. The van der Waals surface area contributed by atoms with Crippen LogP contribution in [0.2, 0.25) is 0 Å². The molecule has 2 rings (SSSR count).